The average Bonchev–Trinajstić information content (AvgIpc) is 2.44. The molecule has 0 saturated heterocycles. The minimum atomic E-state index is -0.969. The van der Waals surface area contributed by atoms with Gasteiger partial charge in [0.25, 0.3) is 0 Å². The summed E-state index contributed by atoms with van der Waals surface area (Å²) in [4.78, 5) is 10.4. The first-order valence-electron chi connectivity index (χ1n) is 4.12. The van der Waals surface area contributed by atoms with Gasteiger partial charge in [0.15, 0.2) is 0 Å². The van der Waals surface area contributed by atoms with Gasteiger partial charge in [0.05, 0.1) is 11.9 Å². The molecule has 1 aromatic rings. The van der Waals surface area contributed by atoms with Crippen molar-refractivity contribution in [1.82, 2.24) is 9.78 Å². The second-order valence-electron chi connectivity index (χ2n) is 2.72. The van der Waals surface area contributed by atoms with Crippen LogP contribution in [0.1, 0.15) is 0 Å². The normalized spacial score (nSPS) is 10.1. The standard InChI is InChI=1S/C7H13N5O2/c8-1-2-10-7-5(9)3-11-12(7)4-6(13)14/h3,10H,1-2,4,8-9H2,(H,13,14). The molecule has 14 heavy (non-hydrogen) atoms. The molecule has 0 amide bonds. The van der Waals surface area contributed by atoms with Gasteiger partial charge < -0.3 is 21.9 Å². The molecule has 0 saturated carbocycles. The molecular formula is C7H13N5O2. The highest BCUT2D eigenvalue weighted by molar-refractivity contribution is 5.69. The number of anilines is 2. The lowest BCUT2D eigenvalue weighted by Gasteiger charge is -2.07. The summed E-state index contributed by atoms with van der Waals surface area (Å²) < 4.78 is 1.29. The maximum absolute atomic E-state index is 10.4. The number of nitrogens with one attached hydrogen (secondary N) is 1. The molecule has 1 aromatic heterocycles. The predicted molar refractivity (Wildman–Crippen MR) is 51.8 cm³/mol. The van der Waals surface area contributed by atoms with Crippen molar-refractivity contribution in [2.45, 2.75) is 6.54 Å². The Kier molecular flexibility index (Phi) is 3.29. The fourth-order valence-corrected chi connectivity index (χ4v) is 1.03. The van der Waals surface area contributed by atoms with Crippen LogP contribution in [-0.4, -0.2) is 33.9 Å². The summed E-state index contributed by atoms with van der Waals surface area (Å²) in [6.45, 7) is 0.747. The van der Waals surface area contributed by atoms with Crippen LogP contribution in [0.2, 0.25) is 0 Å². The van der Waals surface area contributed by atoms with E-state index in [1.54, 1.807) is 0 Å². The lowest BCUT2D eigenvalue weighted by Crippen LogP contribution is -2.18. The highest BCUT2D eigenvalue weighted by Gasteiger charge is 2.09. The largest absolute Gasteiger partial charge is 0.480 e. The maximum atomic E-state index is 10.4. The molecule has 0 aromatic carbocycles. The van der Waals surface area contributed by atoms with Crippen molar-refractivity contribution in [1.29, 1.82) is 0 Å². The molecule has 0 bridgehead atoms. The Hall–Kier alpha value is -1.76. The van der Waals surface area contributed by atoms with Crippen LogP contribution in [0.4, 0.5) is 11.5 Å². The van der Waals surface area contributed by atoms with Crippen molar-refractivity contribution in [3.63, 3.8) is 0 Å². The van der Waals surface area contributed by atoms with E-state index in [9.17, 15) is 4.79 Å². The van der Waals surface area contributed by atoms with Crippen molar-refractivity contribution in [2.75, 3.05) is 24.1 Å². The lowest BCUT2D eigenvalue weighted by molar-refractivity contribution is -0.137. The summed E-state index contributed by atoms with van der Waals surface area (Å²) in [6, 6.07) is 0. The fourth-order valence-electron chi connectivity index (χ4n) is 1.03. The van der Waals surface area contributed by atoms with Crippen molar-refractivity contribution < 1.29 is 9.90 Å². The first kappa shape index (κ1) is 10.3. The number of hydrogen-bond acceptors (Lipinski definition) is 5. The maximum Gasteiger partial charge on any atom is 0.325 e. The van der Waals surface area contributed by atoms with Gasteiger partial charge in [-0.15, -0.1) is 0 Å². The first-order valence-corrected chi connectivity index (χ1v) is 4.12. The van der Waals surface area contributed by atoms with Gasteiger partial charge in [-0.05, 0) is 0 Å². The van der Waals surface area contributed by atoms with Crippen LogP contribution in [0.15, 0.2) is 6.20 Å². The number of hydrogen-bond donors (Lipinski definition) is 4. The minimum absolute atomic E-state index is 0.218. The van der Waals surface area contributed by atoms with Gasteiger partial charge in [-0.25, -0.2) is 4.68 Å². The number of carboxylic acid groups (broad SMARTS) is 1. The number of aliphatic carboxylic acids is 1. The number of rotatable bonds is 5. The molecular weight excluding hydrogens is 186 g/mol. The molecule has 0 aliphatic heterocycles. The highest BCUT2D eigenvalue weighted by Crippen LogP contribution is 2.16. The molecule has 0 fully saturated rings. The summed E-state index contributed by atoms with van der Waals surface area (Å²) in [5.41, 5.74) is 11.3. The Labute approximate surface area is 80.7 Å². The van der Waals surface area contributed by atoms with Crippen LogP contribution in [0.5, 0.6) is 0 Å². The van der Waals surface area contributed by atoms with Crippen LogP contribution in [-0.2, 0) is 11.3 Å². The third-order valence-electron chi connectivity index (χ3n) is 1.59. The van der Waals surface area contributed by atoms with Crippen molar-refractivity contribution in [3.8, 4) is 0 Å². The molecule has 78 valence electrons. The van der Waals surface area contributed by atoms with E-state index < -0.39 is 5.97 Å². The Balaban J connectivity index is 2.77. The van der Waals surface area contributed by atoms with E-state index in [-0.39, 0.29) is 6.54 Å². The molecule has 0 aliphatic carbocycles. The zero-order chi connectivity index (χ0) is 10.6. The number of nitrogen functional groups attached to an aromatic ring is 1. The van der Waals surface area contributed by atoms with Gasteiger partial charge in [-0.2, -0.15) is 5.10 Å². The SMILES string of the molecule is NCCNc1c(N)cnn1CC(=O)O. The van der Waals surface area contributed by atoms with Gasteiger partial charge in [-0.3, -0.25) is 4.79 Å². The third kappa shape index (κ3) is 2.36. The molecule has 0 aliphatic rings. The average molecular weight is 199 g/mol. The minimum Gasteiger partial charge on any atom is -0.480 e. The van der Waals surface area contributed by atoms with Gasteiger partial charge in [0.1, 0.15) is 12.4 Å². The molecule has 0 spiro atoms. The van der Waals surface area contributed by atoms with E-state index in [0.29, 0.717) is 24.6 Å². The molecule has 0 radical (unpaired) electrons. The van der Waals surface area contributed by atoms with E-state index >= 15 is 0 Å². The lowest BCUT2D eigenvalue weighted by atomic mass is 10.5. The highest BCUT2D eigenvalue weighted by atomic mass is 16.4. The van der Waals surface area contributed by atoms with Crippen LogP contribution >= 0.6 is 0 Å². The summed E-state index contributed by atoms with van der Waals surface area (Å²) in [5, 5.41) is 15.3. The number of aromatic nitrogens is 2. The summed E-state index contributed by atoms with van der Waals surface area (Å²) in [6.07, 6.45) is 1.40. The number of nitrogens with two attached hydrogens (primary N) is 2. The fraction of sp³-hybridized carbons (Fsp3) is 0.429. The van der Waals surface area contributed by atoms with Crippen molar-refractivity contribution >= 4 is 17.5 Å². The van der Waals surface area contributed by atoms with E-state index in [1.807, 2.05) is 0 Å². The van der Waals surface area contributed by atoms with Crippen molar-refractivity contribution in [2.24, 2.45) is 5.73 Å². The smallest absolute Gasteiger partial charge is 0.325 e. The summed E-state index contributed by atoms with van der Waals surface area (Å²) >= 11 is 0. The van der Waals surface area contributed by atoms with Crippen LogP contribution < -0.4 is 16.8 Å². The third-order valence-corrected chi connectivity index (χ3v) is 1.59. The molecule has 6 N–H and O–H groups in total. The predicted octanol–water partition coefficient (Wildman–Crippen LogP) is -1.08. The Morgan fingerprint density at radius 1 is 1.71 bits per heavy atom. The van der Waals surface area contributed by atoms with E-state index in [1.165, 1.54) is 10.9 Å². The Morgan fingerprint density at radius 2 is 2.43 bits per heavy atom. The zero-order valence-electron chi connectivity index (χ0n) is 7.60. The number of nitrogens with zero attached hydrogens (tertiary/aromatic N) is 2. The molecule has 0 unspecified atom stereocenters. The zero-order valence-corrected chi connectivity index (χ0v) is 7.60. The van der Waals surface area contributed by atoms with Gasteiger partial charge >= 0.3 is 5.97 Å². The molecule has 0 atom stereocenters. The number of carboxylic acids is 1. The molecule has 7 nitrogen and oxygen atoms in total. The number of carbonyl (C=O) groups is 1. The Morgan fingerprint density at radius 3 is 3.00 bits per heavy atom. The second-order valence-corrected chi connectivity index (χ2v) is 2.72. The van der Waals surface area contributed by atoms with Crippen LogP contribution in [0.3, 0.4) is 0 Å². The van der Waals surface area contributed by atoms with Gasteiger partial charge in [0, 0.05) is 13.1 Å². The van der Waals surface area contributed by atoms with Crippen LogP contribution in [0, 0.1) is 0 Å². The summed E-state index contributed by atoms with van der Waals surface area (Å²) in [7, 11) is 0. The van der Waals surface area contributed by atoms with Crippen LogP contribution in [0.25, 0.3) is 0 Å². The quantitative estimate of drug-likeness (QED) is 0.479. The second kappa shape index (κ2) is 4.47. The topological polar surface area (TPSA) is 119 Å². The molecule has 1 rings (SSSR count). The Bertz CT molecular complexity index is 322. The van der Waals surface area contributed by atoms with E-state index in [4.69, 9.17) is 16.6 Å². The van der Waals surface area contributed by atoms with E-state index in [2.05, 4.69) is 10.4 Å². The first-order chi connectivity index (χ1) is 6.65. The summed E-state index contributed by atoms with van der Waals surface area (Å²) in [5.74, 6) is -0.471. The monoisotopic (exact) mass is 199 g/mol. The molecule has 7 heteroatoms. The van der Waals surface area contributed by atoms with Crippen molar-refractivity contribution in [3.05, 3.63) is 6.20 Å². The van der Waals surface area contributed by atoms with Gasteiger partial charge in [-0.1, -0.05) is 0 Å². The molecule has 1 heterocycles. The van der Waals surface area contributed by atoms with Gasteiger partial charge in [0.2, 0.25) is 0 Å². The van der Waals surface area contributed by atoms with E-state index in [0.717, 1.165) is 0 Å².